The summed E-state index contributed by atoms with van der Waals surface area (Å²) in [6, 6.07) is 9.35. The Balaban J connectivity index is 1.42. The molecule has 0 saturated heterocycles. The lowest BCUT2D eigenvalue weighted by atomic mass is 10.2. The topological polar surface area (TPSA) is 81.2 Å². The molecule has 9 heteroatoms. The van der Waals surface area contributed by atoms with Crippen LogP contribution < -0.4 is 14.8 Å². The van der Waals surface area contributed by atoms with Crippen LogP contribution in [0.5, 0.6) is 11.5 Å². The molecule has 1 aliphatic rings. The maximum Gasteiger partial charge on any atom is 0.226 e. The first-order valence-corrected chi connectivity index (χ1v) is 9.88. The van der Waals surface area contributed by atoms with Gasteiger partial charge in [-0.15, -0.1) is 11.3 Å². The number of aromatic nitrogens is 3. The number of anilines is 1. The number of rotatable bonds is 5. The van der Waals surface area contributed by atoms with Crippen molar-refractivity contribution in [3.8, 4) is 22.2 Å². The van der Waals surface area contributed by atoms with E-state index in [1.807, 2.05) is 34.2 Å². The van der Waals surface area contributed by atoms with Crippen molar-refractivity contribution in [2.24, 2.45) is 0 Å². The number of fused-ring (bicyclic) bond motifs is 1. The third-order valence-electron chi connectivity index (χ3n) is 4.09. The van der Waals surface area contributed by atoms with Crippen LogP contribution in [0, 0.1) is 4.77 Å². The number of nitrogens with one attached hydrogen (secondary N) is 2. The lowest BCUT2D eigenvalue weighted by Crippen LogP contribution is -2.15. The van der Waals surface area contributed by atoms with Crippen molar-refractivity contribution in [3.63, 3.8) is 0 Å². The number of aromatic amines is 1. The predicted octanol–water partition coefficient (Wildman–Crippen LogP) is 3.86. The van der Waals surface area contributed by atoms with Gasteiger partial charge < -0.3 is 14.8 Å². The SMILES string of the molecule is O=C(CCn1c(-c2cccs2)n[nH]c1=S)Nc1ccc2c(c1)OCCCO2. The molecule has 4 rings (SSSR count). The van der Waals surface area contributed by atoms with Crippen LogP contribution in [0.3, 0.4) is 0 Å². The normalized spacial score (nSPS) is 13.2. The van der Waals surface area contributed by atoms with Crippen LogP contribution in [0.15, 0.2) is 35.7 Å². The molecule has 3 heterocycles. The molecule has 1 aromatic carbocycles. The largest absolute Gasteiger partial charge is 0.490 e. The Morgan fingerprint density at radius 3 is 2.96 bits per heavy atom. The van der Waals surface area contributed by atoms with Crippen molar-refractivity contribution in [1.29, 1.82) is 0 Å². The smallest absolute Gasteiger partial charge is 0.226 e. The van der Waals surface area contributed by atoms with Gasteiger partial charge in [-0.1, -0.05) is 6.07 Å². The van der Waals surface area contributed by atoms with Crippen LogP contribution in [0.4, 0.5) is 5.69 Å². The van der Waals surface area contributed by atoms with Gasteiger partial charge in [0.1, 0.15) is 0 Å². The molecule has 0 fully saturated rings. The van der Waals surface area contributed by atoms with Crippen LogP contribution in [-0.2, 0) is 11.3 Å². The summed E-state index contributed by atoms with van der Waals surface area (Å²) in [6.07, 6.45) is 1.12. The van der Waals surface area contributed by atoms with Gasteiger partial charge in [0.15, 0.2) is 22.1 Å². The standard InChI is InChI=1S/C18H18N4O3S2/c23-16(19-12-4-5-13-14(11-12)25-9-2-8-24-13)6-7-22-17(20-21-18(22)26)15-3-1-10-27-15/h1,3-5,10-11H,2,6-9H2,(H,19,23)(H,21,26). The number of thiophene rings is 1. The highest BCUT2D eigenvalue weighted by molar-refractivity contribution is 7.71. The lowest BCUT2D eigenvalue weighted by Gasteiger charge is -2.11. The van der Waals surface area contributed by atoms with Crippen molar-refractivity contribution in [1.82, 2.24) is 14.8 Å². The zero-order valence-electron chi connectivity index (χ0n) is 14.4. The number of amides is 1. The fourth-order valence-corrected chi connectivity index (χ4v) is 3.74. The number of ether oxygens (including phenoxy) is 2. The summed E-state index contributed by atoms with van der Waals surface area (Å²) in [4.78, 5) is 13.4. The Kier molecular flexibility index (Phi) is 5.21. The molecule has 2 aromatic heterocycles. The highest BCUT2D eigenvalue weighted by atomic mass is 32.1. The summed E-state index contributed by atoms with van der Waals surface area (Å²) in [5.74, 6) is 2.00. The number of hydrogen-bond acceptors (Lipinski definition) is 6. The van der Waals surface area contributed by atoms with Crippen molar-refractivity contribution in [2.75, 3.05) is 18.5 Å². The van der Waals surface area contributed by atoms with Gasteiger partial charge in [0.2, 0.25) is 5.91 Å². The zero-order chi connectivity index (χ0) is 18.6. The summed E-state index contributed by atoms with van der Waals surface area (Å²) in [5, 5.41) is 11.9. The van der Waals surface area contributed by atoms with Gasteiger partial charge in [-0.2, -0.15) is 5.10 Å². The van der Waals surface area contributed by atoms with E-state index in [0.29, 0.717) is 41.7 Å². The highest BCUT2D eigenvalue weighted by Gasteiger charge is 2.14. The molecule has 27 heavy (non-hydrogen) atoms. The first kappa shape index (κ1) is 17.7. The van der Waals surface area contributed by atoms with Crippen molar-refractivity contribution >= 4 is 35.1 Å². The molecular formula is C18H18N4O3S2. The van der Waals surface area contributed by atoms with E-state index in [2.05, 4.69) is 15.5 Å². The number of benzene rings is 1. The van der Waals surface area contributed by atoms with Gasteiger partial charge in [0.25, 0.3) is 0 Å². The van der Waals surface area contributed by atoms with E-state index in [-0.39, 0.29) is 12.3 Å². The number of carbonyl (C=O) groups is 1. The van der Waals surface area contributed by atoms with Crippen LogP contribution in [0.25, 0.3) is 10.7 Å². The number of nitrogens with zero attached hydrogens (tertiary/aromatic N) is 2. The minimum atomic E-state index is -0.107. The van der Waals surface area contributed by atoms with Crippen LogP contribution in [0.1, 0.15) is 12.8 Å². The Labute approximate surface area is 164 Å². The van der Waals surface area contributed by atoms with Crippen LogP contribution >= 0.6 is 23.6 Å². The second-order valence-electron chi connectivity index (χ2n) is 5.99. The van der Waals surface area contributed by atoms with Gasteiger partial charge in [0, 0.05) is 31.1 Å². The summed E-state index contributed by atoms with van der Waals surface area (Å²) in [5.41, 5.74) is 0.679. The fourth-order valence-electron chi connectivity index (χ4n) is 2.80. The molecule has 0 spiro atoms. The average Bonchev–Trinajstić information content (AvgIpc) is 3.24. The van der Waals surface area contributed by atoms with Gasteiger partial charge in [0.05, 0.1) is 18.1 Å². The quantitative estimate of drug-likeness (QED) is 0.634. The number of carbonyl (C=O) groups excluding carboxylic acids is 1. The molecule has 0 aliphatic carbocycles. The monoisotopic (exact) mass is 402 g/mol. The van der Waals surface area contributed by atoms with Crippen molar-refractivity contribution in [2.45, 2.75) is 19.4 Å². The molecule has 7 nitrogen and oxygen atoms in total. The van der Waals surface area contributed by atoms with Crippen molar-refractivity contribution < 1.29 is 14.3 Å². The van der Waals surface area contributed by atoms with E-state index < -0.39 is 0 Å². The molecule has 0 atom stereocenters. The summed E-state index contributed by atoms with van der Waals surface area (Å²) in [7, 11) is 0. The average molecular weight is 403 g/mol. The van der Waals surface area contributed by atoms with E-state index in [9.17, 15) is 4.79 Å². The molecule has 0 bridgehead atoms. The maximum atomic E-state index is 12.4. The summed E-state index contributed by atoms with van der Waals surface area (Å²) in [6.45, 7) is 1.68. The molecule has 2 N–H and O–H groups in total. The first-order valence-electron chi connectivity index (χ1n) is 8.59. The fraction of sp³-hybridized carbons (Fsp3) is 0.278. The minimum Gasteiger partial charge on any atom is -0.490 e. The number of hydrogen-bond donors (Lipinski definition) is 2. The second kappa shape index (κ2) is 7.93. The van der Waals surface area contributed by atoms with Crippen LogP contribution in [0.2, 0.25) is 0 Å². The second-order valence-corrected chi connectivity index (χ2v) is 7.33. The zero-order valence-corrected chi connectivity index (χ0v) is 16.1. The summed E-state index contributed by atoms with van der Waals surface area (Å²) >= 11 is 6.87. The van der Waals surface area contributed by atoms with E-state index in [1.54, 1.807) is 17.4 Å². The summed E-state index contributed by atoms with van der Waals surface area (Å²) < 4.78 is 13.6. The Hall–Kier alpha value is -2.65. The van der Waals surface area contributed by atoms with Crippen molar-refractivity contribution in [3.05, 3.63) is 40.5 Å². The number of H-pyrrole nitrogens is 1. The Morgan fingerprint density at radius 1 is 1.30 bits per heavy atom. The van der Waals surface area contributed by atoms with E-state index in [0.717, 1.165) is 17.1 Å². The van der Waals surface area contributed by atoms with Gasteiger partial charge in [-0.25, -0.2) is 0 Å². The van der Waals surface area contributed by atoms with Gasteiger partial charge >= 0.3 is 0 Å². The maximum absolute atomic E-state index is 12.4. The molecule has 3 aromatic rings. The van der Waals surface area contributed by atoms with E-state index >= 15 is 0 Å². The first-order chi connectivity index (χ1) is 13.2. The molecule has 1 aliphatic heterocycles. The Bertz CT molecular complexity index is 994. The molecule has 140 valence electrons. The molecule has 0 radical (unpaired) electrons. The van der Waals surface area contributed by atoms with E-state index in [1.165, 1.54) is 0 Å². The highest BCUT2D eigenvalue weighted by Crippen LogP contribution is 2.32. The molecular weight excluding hydrogens is 384 g/mol. The Morgan fingerprint density at radius 2 is 2.15 bits per heavy atom. The predicted molar refractivity (Wildman–Crippen MR) is 106 cm³/mol. The van der Waals surface area contributed by atoms with Crippen LogP contribution in [-0.4, -0.2) is 33.9 Å². The third kappa shape index (κ3) is 4.04. The lowest BCUT2D eigenvalue weighted by molar-refractivity contribution is -0.116. The molecule has 1 amide bonds. The molecule has 0 unspecified atom stereocenters. The molecule has 0 saturated carbocycles. The van der Waals surface area contributed by atoms with Gasteiger partial charge in [-0.05, 0) is 35.8 Å². The van der Waals surface area contributed by atoms with E-state index in [4.69, 9.17) is 21.7 Å². The minimum absolute atomic E-state index is 0.107. The van der Waals surface area contributed by atoms with Gasteiger partial charge in [-0.3, -0.25) is 14.5 Å². The third-order valence-corrected chi connectivity index (χ3v) is 5.27.